The average molecular weight is 284 g/mol. The Morgan fingerprint density at radius 2 is 1.81 bits per heavy atom. The Labute approximate surface area is 127 Å². The minimum absolute atomic E-state index is 0.625. The van der Waals surface area contributed by atoms with Gasteiger partial charge in [0.2, 0.25) is 0 Å². The Morgan fingerprint density at radius 3 is 2.33 bits per heavy atom. The van der Waals surface area contributed by atoms with Crippen LogP contribution in [-0.2, 0) is 6.54 Å². The van der Waals surface area contributed by atoms with Crippen molar-refractivity contribution in [1.82, 2.24) is 9.78 Å². The molecule has 2 aromatic rings. The summed E-state index contributed by atoms with van der Waals surface area (Å²) in [6.07, 6.45) is 3.83. The maximum Gasteiger partial charge on any atom is 0.153 e. The number of aromatic nitrogens is 2. The number of hydrogen-bond acceptors (Lipinski definition) is 2. The number of aryl methyl sites for hydroxylation is 4. The van der Waals surface area contributed by atoms with Crippen molar-refractivity contribution in [1.29, 1.82) is 0 Å². The lowest BCUT2D eigenvalue weighted by molar-refractivity contribution is 0.112. The van der Waals surface area contributed by atoms with Gasteiger partial charge < -0.3 is 0 Å². The van der Waals surface area contributed by atoms with E-state index < -0.39 is 0 Å². The highest BCUT2D eigenvalue weighted by molar-refractivity contribution is 5.87. The van der Waals surface area contributed by atoms with Crippen LogP contribution in [0.25, 0.3) is 11.3 Å². The number of aldehydes is 1. The molecule has 1 aromatic heterocycles. The van der Waals surface area contributed by atoms with E-state index in [4.69, 9.17) is 0 Å². The largest absolute Gasteiger partial charge is 0.298 e. The standard InChI is InChI=1S/C18H24N2O/c1-12(2)6-7-20-10-16(11-21)18(19-20)17-14(4)8-13(3)9-15(17)5/h8-12H,6-7H2,1-5H3. The van der Waals surface area contributed by atoms with Crippen LogP contribution in [0.15, 0.2) is 18.3 Å². The van der Waals surface area contributed by atoms with Gasteiger partial charge >= 0.3 is 0 Å². The molecule has 0 aliphatic heterocycles. The quantitative estimate of drug-likeness (QED) is 0.766. The van der Waals surface area contributed by atoms with Crippen LogP contribution in [-0.4, -0.2) is 16.1 Å². The number of hydrogen-bond donors (Lipinski definition) is 0. The SMILES string of the molecule is Cc1cc(C)c(-c2nn(CCC(C)C)cc2C=O)c(C)c1. The number of benzene rings is 1. The first-order valence-corrected chi connectivity index (χ1v) is 7.53. The minimum Gasteiger partial charge on any atom is -0.298 e. The zero-order valence-electron chi connectivity index (χ0n) is 13.6. The van der Waals surface area contributed by atoms with Crippen molar-refractivity contribution < 1.29 is 4.79 Å². The lowest BCUT2D eigenvalue weighted by atomic mass is 9.96. The number of carbonyl (C=O) groups is 1. The third kappa shape index (κ3) is 3.41. The molecule has 3 heteroatoms. The molecule has 3 nitrogen and oxygen atoms in total. The molecule has 21 heavy (non-hydrogen) atoms. The van der Waals surface area contributed by atoms with Crippen LogP contribution in [0, 0.1) is 26.7 Å². The van der Waals surface area contributed by atoms with Crippen LogP contribution in [0.1, 0.15) is 47.3 Å². The summed E-state index contributed by atoms with van der Waals surface area (Å²) in [5.41, 5.74) is 6.15. The molecule has 0 spiro atoms. The molecule has 112 valence electrons. The van der Waals surface area contributed by atoms with E-state index in [1.54, 1.807) is 0 Å². The molecule has 0 amide bonds. The Bertz CT molecular complexity index is 630. The first-order chi connectivity index (χ1) is 9.92. The molecular formula is C18H24N2O. The fourth-order valence-electron chi connectivity index (χ4n) is 2.78. The maximum atomic E-state index is 11.4. The van der Waals surface area contributed by atoms with E-state index >= 15 is 0 Å². The first-order valence-electron chi connectivity index (χ1n) is 7.53. The molecule has 0 N–H and O–H groups in total. The topological polar surface area (TPSA) is 34.9 Å². The predicted molar refractivity (Wildman–Crippen MR) is 86.7 cm³/mol. The molecule has 0 atom stereocenters. The summed E-state index contributed by atoms with van der Waals surface area (Å²) in [5, 5.41) is 4.66. The Morgan fingerprint density at radius 1 is 1.19 bits per heavy atom. The molecule has 0 saturated carbocycles. The predicted octanol–water partition coefficient (Wildman–Crippen LogP) is 4.33. The third-order valence-corrected chi connectivity index (χ3v) is 3.77. The van der Waals surface area contributed by atoms with Crippen molar-refractivity contribution >= 4 is 6.29 Å². The fourth-order valence-corrected chi connectivity index (χ4v) is 2.78. The number of nitrogens with zero attached hydrogens (tertiary/aromatic N) is 2. The van der Waals surface area contributed by atoms with Gasteiger partial charge in [0.05, 0.1) is 5.56 Å². The van der Waals surface area contributed by atoms with Gasteiger partial charge in [0, 0.05) is 18.3 Å². The second kappa shape index (κ2) is 6.25. The van der Waals surface area contributed by atoms with Crippen LogP contribution in [0.2, 0.25) is 0 Å². The molecule has 0 saturated heterocycles. The third-order valence-electron chi connectivity index (χ3n) is 3.77. The van der Waals surface area contributed by atoms with Gasteiger partial charge in [-0.05, 0) is 44.2 Å². The van der Waals surface area contributed by atoms with Crippen LogP contribution < -0.4 is 0 Å². The van der Waals surface area contributed by atoms with Crippen molar-refractivity contribution in [3.05, 3.63) is 40.6 Å². The van der Waals surface area contributed by atoms with Crippen molar-refractivity contribution in [2.45, 2.75) is 47.6 Å². The van der Waals surface area contributed by atoms with Gasteiger partial charge in [-0.1, -0.05) is 31.5 Å². The van der Waals surface area contributed by atoms with Crippen molar-refractivity contribution in [3.63, 3.8) is 0 Å². The molecule has 2 rings (SSSR count). The summed E-state index contributed by atoms with van der Waals surface area (Å²) in [7, 11) is 0. The molecule has 0 fully saturated rings. The summed E-state index contributed by atoms with van der Waals surface area (Å²) in [6, 6.07) is 4.29. The van der Waals surface area contributed by atoms with Crippen molar-refractivity contribution in [2.24, 2.45) is 5.92 Å². The fraction of sp³-hybridized carbons (Fsp3) is 0.444. The summed E-state index contributed by atoms with van der Waals surface area (Å²) < 4.78 is 1.90. The Hall–Kier alpha value is -1.90. The van der Waals surface area contributed by atoms with E-state index in [9.17, 15) is 4.79 Å². The molecule has 1 heterocycles. The molecule has 0 radical (unpaired) electrons. The van der Waals surface area contributed by atoms with Gasteiger partial charge in [0.1, 0.15) is 5.69 Å². The van der Waals surface area contributed by atoms with Gasteiger partial charge in [-0.25, -0.2) is 0 Å². The van der Waals surface area contributed by atoms with E-state index in [-0.39, 0.29) is 0 Å². The van der Waals surface area contributed by atoms with Crippen LogP contribution in [0.5, 0.6) is 0 Å². The summed E-state index contributed by atoms with van der Waals surface area (Å²) >= 11 is 0. The molecule has 0 aliphatic carbocycles. The summed E-state index contributed by atoms with van der Waals surface area (Å²) in [6.45, 7) is 11.5. The maximum absolute atomic E-state index is 11.4. The van der Waals surface area contributed by atoms with Crippen LogP contribution in [0.4, 0.5) is 0 Å². The number of rotatable bonds is 5. The highest BCUT2D eigenvalue weighted by Crippen LogP contribution is 2.29. The van der Waals surface area contributed by atoms with E-state index in [0.717, 1.165) is 30.5 Å². The first kappa shape index (κ1) is 15.5. The highest BCUT2D eigenvalue weighted by Gasteiger charge is 2.15. The summed E-state index contributed by atoms with van der Waals surface area (Å²) in [5.74, 6) is 0.625. The minimum atomic E-state index is 0.625. The average Bonchev–Trinajstić information content (AvgIpc) is 2.78. The van der Waals surface area contributed by atoms with Gasteiger partial charge in [-0.2, -0.15) is 5.10 Å². The molecule has 1 aromatic carbocycles. The molecule has 0 bridgehead atoms. The van der Waals surface area contributed by atoms with Gasteiger partial charge in [-0.15, -0.1) is 0 Å². The number of carbonyl (C=O) groups excluding carboxylic acids is 1. The van der Waals surface area contributed by atoms with Gasteiger partial charge in [0.15, 0.2) is 6.29 Å². The van der Waals surface area contributed by atoms with Crippen molar-refractivity contribution in [3.8, 4) is 11.3 Å². The van der Waals surface area contributed by atoms with Gasteiger partial charge in [0.25, 0.3) is 0 Å². The van der Waals surface area contributed by atoms with Gasteiger partial charge in [-0.3, -0.25) is 9.48 Å². The van der Waals surface area contributed by atoms with E-state index in [2.05, 4.69) is 51.9 Å². The summed E-state index contributed by atoms with van der Waals surface area (Å²) in [4.78, 5) is 11.4. The lowest BCUT2D eigenvalue weighted by Crippen LogP contribution is -2.02. The van der Waals surface area contributed by atoms with Crippen LogP contribution >= 0.6 is 0 Å². The zero-order valence-corrected chi connectivity index (χ0v) is 13.6. The zero-order chi connectivity index (χ0) is 15.6. The second-order valence-electron chi connectivity index (χ2n) is 6.27. The van der Waals surface area contributed by atoms with E-state index in [1.165, 1.54) is 16.7 Å². The molecular weight excluding hydrogens is 260 g/mol. The monoisotopic (exact) mass is 284 g/mol. The van der Waals surface area contributed by atoms with E-state index in [0.29, 0.717) is 11.5 Å². The van der Waals surface area contributed by atoms with E-state index in [1.807, 2.05) is 10.9 Å². The second-order valence-corrected chi connectivity index (χ2v) is 6.27. The smallest absolute Gasteiger partial charge is 0.153 e. The van der Waals surface area contributed by atoms with Crippen molar-refractivity contribution in [2.75, 3.05) is 0 Å². The highest BCUT2D eigenvalue weighted by atomic mass is 16.1. The Balaban J connectivity index is 2.46. The molecule has 0 aliphatic rings. The molecule has 0 unspecified atom stereocenters. The van der Waals surface area contributed by atoms with Crippen LogP contribution in [0.3, 0.4) is 0 Å². The Kier molecular flexibility index (Phi) is 4.61. The normalized spacial score (nSPS) is 11.1. The lowest BCUT2D eigenvalue weighted by Gasteiger charge is -2.10.